The third-order valence-corrected chi connectivity index (χ3v) is 6.31. The van der Waals surface area contributed by atoms with Crippen LogP contribution in [0.2, 0.25) is 0 Å². The van der Waals surface area contributed by atoms with Crippen molar-refractivity contribution in [1.82, 2.24) is 20.9 Å². The van der Waals surface area contributed by atoms with E-state index in [0.29, 0.717) is 26.1 Å². The first-order valence-electron chi connectivity index (χ1n) is 11.1. The van der Waals surface area contributed by atoms with Crippen molar-refractivity contribution in [3.8, 4) is 0 Å². The van der Waals surface area contributed by atoms with E-state index in [1.165, 1.54) is 0 Å². The van der Waals surface area contributed by atoms with Crippen LogP contribution in [0.5, 0.6) is 0 Å². The van der Waals surface area contributed by atoms with Crippen molar-refractivity contribution in [2.24, 2.45) is 5.73 Å². The van der Waals surface area contributed by atoms with Crippen LogP contribution in [0.4, 0.5) is 0 Å². The highest BCUT2D eigenvalue weighted by Gasteiger charge is 2.61. The summed E-state index contributed by atoms with van der Waals surface area (Å²) in [4.78, 5) is 28.3. The zero-order valence-corrected chi connectivity index (χ0v) is 18.4. The van der Waals surface area contributed by atoms with Crippen molar-refractivity contribution >= 4 is 11.8 Å². The normalized spacial score (nSPS) is 22.5. The van der Waals surface area contributed by atoms with E-state index >= 15 is 0 Å². The Hall–Kier alpha value is -3.32. The Balaban J connectivity index is 1.42. The van der Waals surface area contributed by atoms with Crippen LogP contribution in [0.15, 0.2) is 72.6 Å². The molecule has 1 fully saturated rings. The van der Waals surface area contributed by atoms with Crippen LogP contribution in [0.3, 0.4) is 0 Å². The van der Waals surface area contributed by atoms with Gasteiger partial charge in [0.25, 0.3) is 0 Å². The molecule has 4 rings (SSSR count). The standard InChI is InChI=1S/C25H31N5O2/c1-30-17-27-16-20(30)14-22(26)23(31)29-25(15-21(25)19-10-6-3-7-11-19)24(32)28-13-12-18-8-4-2-5-9-18/h2-11,16,21-22,27H,12-15,17,26H2,1H3,(H,28,32)(H,29,31)/t21?,22-,25?/m0/s1. The van der Waals surface area contributed by atoms with E-state index in [1.54, 1.807) is 0 Å². The van der Waals surface area contributed by atoms with Crippen LogP contribution in [-0.2, 0) is 16.0 Å². The fourth-order valence-electron chi connectivity index (χ4n) is 4.28. The number of hydrogen-bond donors (Lipinski definition) is 4. The first kappa shape index (κ1) is 21.9. The lowest BCUT2D eigenvalue weighted by molar-refractivity contribution is -0.130. The third kappa shape index (κ3) is 4.78. The van der Waals surface area contributed by atoms with Crippen molar-refractivity contribution in [2.75, 3.05) is 20.3 Å². The number of nitrogens with one attached hydrogen (secondary N) is 3. The molecule has 0 aromatic heterocycles. The molecule has 168 valence electrons. The largest absolute Gasteiger partial charge is 0.372 e. The predicted octanol–water partition coefficient (Wildman–Crippen LogP) is 1.44. The topological polar surface area (TPSA) is 99.5 Å². The first-order valence-corrected chi connectivity index (χ1v) is 11.1. The van der Waals surface area contributed by atoms with Crippen molar-refractivity contribution in [3.63, 3.8) is 0 Å². The average molecular weight is 434 g/mol. The number of amides is 2. The second-order valence-electron chi connectivity index (χ2n) is 8.63. The summed E-state index contributed by atoms with van der Waals surface area (Å²) in [6, 6.07) is 19.1. The van der Waals surface area contributed by atoms with Crippen molar-refractivity contribution in [1.29, 1.82) is 0 Å². The molecule has 2 aliphatic rings. The monoisotopic (exact) mass is 433 g/mol. The average Bonchev–Trinajstić information content (AvgIpc) is 3.41. The van der Waals surface area contributed by atoms with Crippen LogP contribution < -0.4 is 21.7 Å². The van der Waals surface area contributed by atoms with Gasteiger partial charge in [-0.05, 0) is 24.0 Å². The summed E-state index contributed by atoms with van der Waals surface area (Å²) < 4.78 is 0. The Labute approximate surface area is 189 Å². The second-order valence-corrected chi connectivity index (χ2v) is 8.63. The Morgan fingerprint density at radius 3 is 2.50 bits per heavy atom. The van der Waals surface area contributed by atoms with Gasteiger partial charge in [0, 0.05) is 37.8 Å². The van der Waals surface area contributed by atoms with Gasteiger partial charge in [0.1, 0.15) is 5.54 Å². The molecule has 2 aromatic rings. The third-order valence-electron chi connectivity index (χ3n) is 6.31. The molecule has 1 aliphatic carbocycles. The summed E-state index contributed by atoms with van der Waals surface area (Å²) >= 11 is 0. The lowest BCUT2D eigenvalue weighted by Crippen LogP contribution is -2.54. The van der Waals surface area contributed by atoms with Crippen LogP contribution in [0.1, 0.15) is 29.9 Å². The van der Waals surface area contributed by atoms with Crippen LogP contribution >= 0.6 is 0 Å². The molecular formula is C25H31N5O2. The minimum absolute atomic E-state index is 0.0633. The van der Waals surface area contributed by atoms with Crippen LogP contribution in [0.25, 0.3) is 0 Å². The Bertz CT molecular complexity index is 978. The molecule has 0 spiro atoms. The molecule has 2 aromatic carbocycles. The molecule has 1 saturated carbocycles. The number of rotatable bonds is 9. The summed E-state index contributed by atoms with van der Waals surface area (Å²) in [7, 11) is 1.95. The SMILES string of the molecule is CN1CNC=C1C[C@H](N)C(=O)NC1(C(=O)NCCc2ccccc2)CC1c1ccccc1. The quantitative estimate of drug-likeness (QED) is 0.480. The van der Waals surface area contributed by atoms with E-state index in [1.807, 2.05) is 78.8 Å². The highest BCUT2D eigenvalue weighted by atomic mass is 16.2. The fraction of sp³-hybridized carbons (Fsp3) is 0.360. The van der Waals surface area contributed by atoms with Gasteiger partial charge in [-0.1, -0.05) is 60.7 Å². The van der Waals surface area contributed by atoms with E-state index in [2.05, 4.69) is 16.0 Å². The molecule has 7 nitrogen and oxygen atoms in total. The van der Waals surface area contributed by atoms with E-state index in [4.69, 9.17) is 5.73 Å². The number of hydrogen-bond acceptors (Lipinski definition) is 5. The van der Waals surface area contributed by atoms with E-state index in [9.17, 15) is 9.59 Å². The van der Waals surface area contributed by atoms with Gasteiger partial charge in [0.2, 0.25) is 11.8 Å². The maximum absolute atomic E-state index is 13.3. The number of benzene rings is 2. The van der Waals surface area contributed by atoms with Gasteiger partial charge in [-0.25, -0.2) is 0 Å². The summed E-state index contributed by atoms with van der Waals surface area (Å²) in [5.74, 6) is -0.517. The molecule has 0 bridgehead atoms. The van der Waals surface area contributed by atoms with Crippen molar-refractivity contribution in [3.05, 3.63) is 83.7 Å². The molecule has 0 saturated heterocycles. The van der Waals surface area contributed by atoms with Gasteiger partial charge in [-0.3, -0.25) is 9.59 Å². The smallest absolute Gasteiger partial charge is 0.246 e. The molecular weight excluding hydrogens is 402 g/mol. The summed E-state index contributed by atoms with van der Waals surface area (Å²) in [6.45, 7) is 1.21. The molecule has 3 atom stereocenters. The molecule has 32 heavy (non-hydrogen) atoms. The van der Waals surface area contributed by atoms with Gasteiger partial charge < -0.3 is 26.6 Å². The Morgan fingerprint density at radius 1 is 1.16 bits per heavy atom. The Kier molecular flexibility index (Phi) is 6.46. The lowest BCUT2D eigenvalue weighted by Gasteiger charge is -2.23. The minimum Gasteiger partial charge on any atom is -0.372 e. The number of carbonyl (C=O) groups is 2. The molecule has 1 heterocycles. The summed E-state index contributed by atoms with van der Waals surface area (Å²) in [5.41, 5.74) is 8.44. The summed E-state index contributed by atoms with van der Waals surface area (Å²) in [5, 5.41) is 9.17. The van der Waals surface area contributed by atoms with Crippen molar-refractivity contribution < 1.29 is 9.59 Å². The second kappa shape index (κ2) is 9.44. The number of nitrogens with zero attached hydrogens (tertiary/aromatic N) is 1. The zero-order chi connectivity index (χ0) is 22.6. The van der Waals surface area contributed by atoms with Gasteiger partial charge in [-0.2, -0.15) is 0 Å². The molecule has 2 amide bonds. The molecule has 2 unspecified atom stereocenters. The highest BCUT2D eigenvalue weighted by molar-refractivity contribution is 5.97. The zero-order valence-electron chi connectivity index (χ0n) is 18.4. The summed E-state index contributed by atoms with van der Waals surface area (Å²) in [6.07, 6.45) is 3.59. The lowest BCUT2D eigenvalue weighted by atomic mass is 10.0. The van der Waals surface area contributed by atoms with E-state index in [0.717, 1.165) is 23.2 Å². The van der Waals surface area contributed by atoms with Crippen LogP contribution in [-0.4, -0.2) is 48.6 Å². The molecule has 7 heteroatoms. The van der Waals surface area contributed by atoms with Gasteiger partial charge in [-0.15, -0.1) is 0 Å². The highest BCUT2D eigenvalue weighted by Crippen LogP contribution is 2.51. The first-order chi connectivity index (χ1) is 15.5. The van der Waals surface area contributed by atoms with Gasteiger partial charge in [0.05, 0.1) is 12.7 Å². The van der Waals surface area contributed by atoms with Crippen LogP contribution in [0, 0.1) is 0 Å². The predicted molar refractivity (Wildman–Crippen MR) is 124 cm³/mol. The molecule has 1 aliphatic heterocycles. The maximum Gasteiger partial charge on any atom is 0.246 e. The van der Waals surface area contributed by atoms with Gasteiger partial charge in [0.15, 0.2) is 0 Å². The van der Waals surface area contributed by atoms with E-state index in [-0.39, 0.29) is 17.7 Å². The Morgan fingerprint density at radius 2 is 1.84 bits per heavy atom. The maximum atomic E-state index is 13.3. The minimum atomic E-state index is -0.957. The van der Waals surface area contributed by atoms with Gasteiger partial charge >= 0.3 is 0 Å². The number of nitrogens with two attached hydrogens (primary N) is 1. The molecule has 0 radical (unpaired) electrons. The van der Waals surface area contributed by atoms with E-state index < -0.39 is 11.6 Å². The number of carbonyl (C=O) groups excluding carboxylic acids is 2. The molecule has 5 N–H and O–H groups in total. The van der Waals surface area contributed by atoms with Crippen molar-refractivity contribution in [2.45, 2.75) is 36.8 Å². The fourth-order valence-corrected chi connectivity index (χ4v) is 4.28.